The lowest BCUT2D eigenvalue weighted by Gasteiger charge is -1.95. The third-order valence-electron chi connectivity index (χ3n) is 0.854. The Bertz CT molecular complexity index is 51.4. The van der Waals surface area contributed by atoms with E-state index in [-0.39, 0.29) is 25.6 Å². The first-order chi connectivity index (χ1) is 6.24. The van der Waals surface area contributed by atoms with Gasteiger partial charge in [0.15, 0.2) is 0 Å². The number of rotatable bonds is 4. The molecule has 0 aliphatic carbocycles. The van der Waals surface area contributed by atoms with Crippen LogP contribution in [0.15, 0.2) is 0 Å². The quantitative estimate of drug-likeness (QED) is 0.645. The Morgan fingerprint density at radius 3 is 1.14 bits per heavy atom. The van der Waals surface area contributed by atoms with Crippen LogP contribution >= 0.6 is 12.4 Å². The number of aliphatic hydroxyl groups is 2. The molecule has 0 aliphatic heterocycles. The summed E-state index contributed by atoms with van der Waals surface area (Å²) < 4.78 is 0. The van der Waals surface area contributed by atoms with Crippen LogP contribution in [-0.4, -0.2) is 36.5 Å². The van der Waals surface area contributed by atoms with Crippen LogP contribution in [0.2, 0.25) is 0 Å². The van der Waals surface area contributed by atoms with Gasteiger partial charge in [-0.05, 0) is 39.8 Å². The zero-order chi connectivity index (χ0) is 10.9. The second-order valence-corrected chi connectivity index (χ2v) is 2.38. The standard InChI is InChI=1S/C6H15N.2C2H6O.ClH/c1-3-5-7-6-4-2;2*1-2-3;/h7H,3-6H2,1-2H3;2*3H,2H2,1H3;1H. The number of nitrogens with one attached hydrogen (secondary N) is 1. The molecule has 0 aromatic carbocycles. The van der Waals surface area contributed by atoms with Crippen molar-refractivity contribution in [3.05, 3.63) is 0 Å². The van der Waals surface area contributed by atoms with Gasteiger partial charge in [-0.15, -0.1) is 12.4 Å². The van der Waals surface area contributed by atoms with Gasteiger partial charge < -0.3 is 15.5 Å². The normalized spacial score (nSPS) is 7.29. The van der Waals surface area contributed by atoms with E-state index in [1.165, 1.54) is 25.9 Å². The Morgan fingerprint density at radius 1 is 0.786 bits per heavy atom. The molecule has 0 atom stereocenters. The van der Waals surface area contributed by atoms with Crippen molar-refractivity contribution < 1.29 is 10.2 Å². The average Bonchev–Trinajstić information content (AvgIpc) is 2.08. The van der Waals surface area contributed by atoms with Crippen molar-refractivity contribution in [1.82, 2.24) is 5.32 Å². The SMILES string of the molecule is CCCNCCC.CCO.CCO.Cl. The van der Waals surface area contributed by atoms with Gasteiger partial charge in [0, 0.05) is 13.2 Å². The van der Waals surface area contributed by atoms with Crippen LogP contribution in [0, 0.1) is 0 Å². The largest absolute Gasteiger partial charge is 0.397 e. The van der Waals surface area contributed by atoms with Crippen molar-refractivity contribution >= 4 is 12.4 Å². The molecule has 0 saturated carbocycles. The van der Waals surface area contributed by atoms with Gasteiger partial charge in [0.25, 0.3) is 0 Å². The lowest BCUT2D eigenvalue weighted by Crippen LogP contribution is -2.14. The summed E-state index contributed by atoms with van der Waals surface area (Å²) in [4.78, 5) is 0. The van der Waals surface area contributed by atoms with Gasteiger partial charge in [0.1, 0.15) is 0 Å². The number of hydrogen-bond donors (Lipinski definition) is 3. The van der Waals surface area contributed by atoms with E-state index < -0.39 is 0 Å². The first kappa shape index (κ1) is 23.8. The van der Waals surface area contributed by atoms with Crippen molar-refractivity contribution in [1.29, 1.82) is 0 Å². The van der Waals surface area contributed by atoms with Gasteiger partial charge >= 0.3 is 0 Å². The summed E-state index contributed by atoms with van der Waals surface area (Å²) >= 11 is 0. The second kappa shape index (κ2) is 37.9. The molecule has 0 aromatic rings. The Hall–Kier alpha value is 0.170. The summed E-state index contributed by atoms with van der Waals surface area (Å²) in [6.45, 7) is 10.6. The molecule has 0 spiro atoms. The lowest BCUT2D eigenvalue weighted by molar-refractivity contribution is 0.318. The molecule has 3 nitrogen and oxygen atoms in total. The minimum Gasteiger partial charge on any atom is -0.397 e. The molecule has 92 valence electrons. The average molecular weight is 230 g/mol. The van der Waals surface area contributed by atoms with Crippen molar-refractivity contribution in [2.24, 2.45) is 0 Å². The van der Waals surface area contributed by atoms with Crippen LogP contribution in [0.5, 0.6) is 0 Å². The summed E-state index contributed by atoms with van der Waals surface area (Å²) in [5.41, 5.74) is 0. The summed E-state index contributed by atoms with van der Waals surface area (Å²) in [7, 11) is 0. The fourth-order valence-corrected chi connectivity index (χ4v) is 0.479. The Morgan fingerprint density at radius 2 is 1.00 bits per heavy atom. The van der Waals surface area contributed by atoms with Crippen molar-refractivity contribution in [2.45, 2.75) is 40.5 Å². The maximum absolute atomic E-state index is 7.57. The molecule has 0 unspecified atom stereocenters. The van der Waals surface area contributed by atoms with Gasteiger partial charge in [-0.2, -0.15) is 0 Å². The number of hydrogen-bond acceptors (Lipinski definition) is 3. The maximum atomic E-state index is 7.57. The fraction of sp³-hybridized carbons (Fsp3) is 1.00. The highest BCUT2D eigenvalue weighted by atomic mass is 35.5. The van der Waals surface area contributed by atoms with E-state index in [1.807, 2.05) is 0 Å². The highest BCUT2D eigenvalue weighted by Gasteiger charge is 1.76. The molecular formula is C10H28ClNO2. The monoisotopic (exact) mass is 229 g/mol. The lowest BCUT2D eigenvalue weighted by atomic mass is 10.4. The molecular weight excluding hydrogens is 202 g/mol. The van der Waals surface area contributed by atoms with E-state index in [0.717, 1.165) is 0 Å². The Balaban J connectivity index is -0.0000000610. The molecule has 0 aromatic heterocycles. The fourth-order valence-electron chi connectivity index (χ4n) is 0.479. The van der Waals surface area contributed by atoms with Gasteiger partial charge in [-0.1, -0.05) is 13.8 Å². The molecule has 0 fully saturated rings. The van der Waals surface area contributed by atoms with E-state index in [9.17, 15) is 0 Å². The molecule has 0 aliphatic rings. The van der Waals surface area contributed by atoms with Crippen molar-refractivity contribution in [3.8, 4) is 0 Å². The van der Waals surface area contributed by atoms with Crippen LogP contribution in [-0.2, 0) is 0 Å². The van der Waals surface area contributed by atoms with Gasteiger partial charge in [-0.3, -0.25) is 0 Å². The van der Waals surface area contributed by atoms with E-state index >= 15 is 0 Å². The third-order valence-corrected chi connectivity index (χ3v) is 0.854. The van der Waals surface area contributed by atoms with Crippen molar-refractivity contribution in [2.75, 3.05) is 26.3 Å². The van der Waals surface area contributed by atoms with E-state index in [1.54, 1.807) is 13.8 Å². The van der Waals surface area contributed by atoms with Gasteiger partial charge in [0.05, 0.1) is 0 Å². The third kappa shape index (κ3) is 87.3. The first-order valence-corrected chi connectivity index (χ1v) is 5.17. The zero-order valence-electron chi connectivity index (χ0n) is 10.0. The maximum Gasteiger partial charge on any atom is 0.0402 e. The molecule has 0 rings (SSSR count). The highest BCUT2D eigenvalue weighted by Crippen LogP contribution is 1.71. The van der Waals surface area contributed by atoms with Crippen LogP contribution < -0.4 is 5.32 Å². The summed E-state index contributed by atoms with van der Waals surface area (Å²) in [5, 5.41) is 18.4. The summed E-state index contributed by atoms with van der Waals surface area (Å²) in [6.07, 6.45) is 2.50. The summed E-state index contributed by atoms with van der Waals surface area (Å²) in [6, 6.07) is 0. The molecule has 0 bridgehead atoms. The predicted molar refractivity (Wildman–Crippen MR) is 66.2 cm³/mol. The molecule has 0 heterocycles. The summed E-state index contributed by atoms with van der Waals surface area (Å²) in [5.74, 6) is 0. The van der Waals surface area contributed by atoms with Gasteiger partial charge in [-0.25, -0.2) is 0 Å². The van der Waals surface area contributed by atoms with Gasteiger partial charge in [0.2, 0.25) is 0 Å². The zero-order valence-corrected chi connectivity index (χ0v) is 10.9. The van der Waals surface area contributed by atoms with Crippen LogP contribution in [0.3, 0.4) is 0 Å². The first-order valence-electron chi connectivity index (χ1n) is 5.17. The van der Waals surface area contributed by atoms with Crippen molar-refractivity contribution in [3.63, 3.8) is 0 Å². The Kier molecular flexibility index (Phi) is 64.4. The molecule has 0 amide bonds. The van der Waals surface area contributed by atoms with E-state index in [0.29, 0.717) is 0 Å². The number of halogens is 1. The minimum absolute atomic E-state index is 0. The predicted octanol–water partition coefficient (Wildman–Crippen LogP) is 1.82. The van der Waals surface area contributed by atoms with E-state index in [4.69, 9.17) is 10.2 Å². The second-order valence-electron chi connectivity index (χ2n) is 2.38. The smallest absolute Gasteiger partial charge is 0.0402 e. The van der Waals surface area contributed by atoms with Crippen LogP contribution in [0.25, 0.3) is 0 Å². The molecule has 0 radical (unpaired) electrons. The minimum atomic E-state index is 0. The highest BCUT2D eigenvalue weighted by molar-refractivity contribution is 5.85. The van der Waals surface area contributed by atoms with E-state index in [2.05, 4.69) is 19.2 Å². The molecule has 3 N–H and O–H groups in total. The van der Waals surface area contributed by atoms with Crippen LogP contribution in [0.4, 0.5) is 0 Å². The van der Waals surface area contributed by atoms with Crippen LogP contribution in [0.1, 0.15) is 40.5 Å². The number of aliphatic hydroxyl groups excluding tert-OH is 2. The molecule has 14 heavy (non-hydrogen) atoms. The Labute approximate surface area is 95.3 Å². The molecule has 0 saturated heterocycles. The molecule has 4 heteroatoms. The topological polar surface area (TPSA) is 52.5 Å².